The van der Waals surface area contributed by atoms with E-state index in [1.54, 1.807) is 13.2 Å². The summed E-state index contributed by atoms with van der Waals surface area (Å²) in [6.07, 6.45) is 0. The molecule has 0 unspecified atom stereocenters. The number of anilines is 1. The maximum atomic E-state index is 12.6. The summed E-state index contributed by atoms with van der Waals surface area (Å²) in [4.78, 5) is 12.6. The van der Waals surface area contributed by atoms with E-state index in [4.69, 9.17) is 16.3 Å². The van der Waals surface area contributed by atoms with E-state index in [1.807, 2.05) is 54.9 Å². The van der Waals surface area contributed by atoms with E-state index in [2.05, 4.69) is 5.32 Å². The average Bonchev–Trinajstić information content (AvgIpc) is 2.88. The van der Waals surface area contributed by atoms with Crippen molar-refractivity contribution < 1.29 is 9.53 Å². The van der Waals surface area contributed by atoms with Gasteiger partial charge in [0.1, 0.15) is 11.4 Å². The van der Waals surface area contributed by atoms with Gasteiger partial charge < -0.3 is 14.6 Å². The fourth-order valence-corrected chi connectivity index (χ4v) is 2.78. The number of benzene rings is 2. The van der Waals surface area contributed by atoms with Crippen molar-refractivity contribution in [3.63, 3.8) is 0 Å². The summed E-state index contributed by atoms with van der Waals surface area (Å²) in [6.45, 7) is 1.88. The molecule has 0 fully saturated rings. The molecule has 3 rings (SSSR count). The SMILES string of the molecule is COc1cc(Cl)c(C)cc1NC(=O)c1cc2ccccc2n1C. The van der Waals surface area contributed by atoms with Gasteiger partial charge in [-0.05, 0) is 30.7 Å². The molecular formula is C18H17ClN2O2. The normalized spacial score (nSPS) is 10.8. The van der Waals surface area contributed by atoms with E-state index in [0.717, 1.165) is 16.5 Å². The van der Waals surface area contributed by atoms with Crippen molar-refractivity contribution in [3.8, 4) is 5.75 Å². The monoisotopic (exact) mass is 328 g/mol. The Balaban J connectivity index is 1.98. The fraction of sp³-hybridized carbons (Fsp3) is 0.167. The molecule has 3 aromatic rings. The molecule has 1 aromatic heterocycles. The van der Waals surface area contributed by atoms with Gasteiger partial charge in [0.2, 0.25) is 0 Å². The van der Waals surface area contributed by atoms with Gasteiger partial charge in [-0.2, -0.15) is 0 Å². The molecule has 5 heteroatoms. The molecule has 0 saturated heterocycles. The number of halogens is 1. The number of carbonyl (C=O) groups excluding carboxylic acids is 1. The second kappa shape index (κ2) is 5.97. The number of aromatic nitrogens is 1. The molecule has 0 saturated carbocycles. The molecule has 1 N–H and O–H groups in total. The van der Waals surface area contributed by atoms with Crippen LogP contribution in [0.25, 0.3) is 10.9 Å². The third kappa shape index (κ3) is 2.78. The van der Waals surface area contributed by atoms with Crippen LogP contribution in [0, 0.1) is 6.92 Å². The van der Waals surface area contributed by atoms with Gasteiger partial charge in [0.25, 0.3) is 5.91 Å². The first-order valence-corrected chi connectivity index (χ1v) is 7.59. The molecule has 4 nitrogen and oxygen atoms in total. The lowest BCUT2D eigenvalue weighted by Gasteiger charge is -2.12. The smallest absolute Gasteiger partial charge is 0.272 e. The van der Waals surface area contributed by atoms with Gasteiger partial charge in [-0.15, -0.1) is 0 Å². The van der Waals surface area contributed by atoms with Crippen LogP contribution >= 0.6 is 11.6 Å². The predicted octanol–water partition coefficient (Wildman–Crippen LogP) is 4.40. The number of amides is 1. The minimum atomic E-state index is -0.191. The van der Waals surface area contributed by atoms with Gasteiger partial charge in [-0.25, -0.2) is 0 Å². The molecule has 0 atom stereocenters. The van der Waals surface area contributed by atoms with Crippen LogP contribution < -0.4 is 10.1 Å². The number of nitrogens with one attached hydrogen (secondary N) is 1. The standard InChI is InChI=1S/C18H17ClN2O2/c1-11-8-14(17(23-3)10-13(11)19)20-18(22)16-9-12-6-4-5-7-15(12)21(16)2/h4-10H,1-3H3,(H,20,22). The van der Waals surface area contributed by atoms with Crippen LogP contribution in [0.3, 0.4) is 0 Å². The quantitative estimate of drug-likeness (QED) is 0.774. The summed E-state index contributed by atoms with van der Waals surface area (Å²) in [5, 5.41) is 4.53. The molecule has 0 bridgehead atoms. The first-order chi connectivity index (χ1) is 11.0. The highest BCUT2D eigenvalue weighted by Gasteiger charge is 2.16. The lowest BCUT2D eigenvalue weighted by atomic mass is 10.2. The first kappa shape index (κ1) is 15.4. The number of para-hydroxylation sites is 1. The van der Waals surface area contributed by atoms with Crippen LogP contribution in [-0.4, -0.2) is 17.6 Å². The van der Waals surface area contributed by atoms with Crippen molar-refractivity contribution >= 4 is 34.1 Å². The number of carbonyl (C=O) groups is 1. The number of ether oxygens (including phenoxy) is 1. The predicted molar refractivity (Wildman–Crippen MR) is 93.6 cm³/mol. The Morgan fingerprint density at radius 3 is 2.65 bits per heavy atom. The molecule has 0 aliphatic carbocycles. The summed E-state index contributed by atoms with van der Waals surface area (Å²) in [5.74, 6) is 0.344. The Kier molecular flexibility index (Phi) is 4.01. The van der Waals surface area contributed by atoms with Crippen LogP contribution in [0.4, 0.5) is 5.69 Å². The van der Waals surface area contributed by atoms with Crippen LogP contribution in [0.1, 0.15) is 16.1 Å². The number of fused-ring (bicyclic) bond motifs is 1. The fourth-order valence-electron chi connectivity index (χ4n) is 2.62. The summed E-state index contributed by atoms with van der Waals surface area (Å²) in [7, 11) is 3.43. The van der Waals surface area contributed by atoms with E-state index in [0.29, 0.717) is 22.2 Å². The van der Waals surface area contributed by atoms with E-state index in [1.165, 1.54) is 0 Å². The van der Waals surface area contributed by atoms with Gasteiger partial charge in [0.15, 0.2) is 0 Å². The van der Waals surface area contributed by atoms with Crippen LogP contribution in [0.2, 0.25) is 5.02 Å². The lowest BCUT2D eigenvalue weighted by molar-refractivity contribution is 0.101. The number of nitrogens with zero attached hydrogens (tertiary/aromatic N) is 1. The number of hydrogen-bond acceptors (Lipinski definition) is 2. The van der Waals surface area contributed by atoms with E-state index in [-0.39, 0.29) is 5.91 Å². The Labute approximate surface area is 139 Å². The largest absolute Gasteiger partial charge is 0.495 e. The van der Waals surface area contributed by atoms with Crippen molar-refractivity contribution in [3.05, 3.63) is 58.7 Å². The van der Waals surface area contributed by atoms with Gasteiger partial charge >= 0.3 is 0 Å². The Hall–Kier alpha value is -2.46. The van der Waals surface area contributed by atoms with Gasteiger partial charge in [0, 0.05) is 29.0 Å². The Morgan fingerprint density at radius 1 is 1.22 bits per heavy atom. The van der Waals surface area contributed by atoms with Crippen molar-refractivity contribution in [1.29, 1.82) is 0 Å². The van der Waals surface area contributed by atoms with E-state index >= 15 is 0 Å². The highest BCUT2D eigenvalue weighted by Crippen LogP contribution is 2.31. The van der Waals surface area contributed by atoms with Crippen LogP contribution in [0.5, 0.6) is 5.75 Å². The van der Waals surface area contributed by atoms with Gasteiger partial charge in [-0.3, -0.25) is 4.79 Å². The minimum Gasteiger partial charge on any atom is -0.495 e. The molecule has 2 aromatic carbocycles. The highest BCUT2D eigenvalue weighted by atomic mass is 35.5. The van der Waals surface area contributed by atoms with E-state index < -0.39 is 0 Å². The zero-order valence-corrected chi connectivity index (χ0v) is 13.9. The van der Waals surface area contributed by atoms with Crippen molar-refractivity contribution in [1.82, 2.24) is 4.57 Å². The Bertz CT molecular complexity index is 899. The molecule has 1 heterocycles. The van der Waals surface area contributed by atoms with Crippen LogP contribution in [0.15, 0.2) is 42.5 Å². The minimum absolute atomic E-state index is 0.191. The third-order valence-electron chi connectivity index (χ3n) is 3.91. The van der Waals surface area contributed by atoms with Crippen molar-refractivity contribution in [2.24, 2.45) is 7.05 Å². The second-order valence-corrected chi connectivity index (χ2v) is 5.81. The molecule has 0 aliphatic heterocycles. The first-order valence-electron chi connectivity index (χ1n) is 7.21. The van der Waals surface area contributed by atoms with E-state index in [9.17, 15) is 4.79 Å². The number of hydrogen-bond donors (Lipinski definition) is 1. The topological polar surface area (TPSA) is 43.3 Å². The molecule has 23 heavy (non-hydrogen) atoms. The maximum Gasteiger partial charge on any atom is 0.272 e. The zero-order chi connectivity index (χ0) is 16.6. The molecule has 0 radical (unpaired) electrons. The summed E-state index contributed by atoms with van der Waals surface area (Å²) < 4.78 is 7.18. The van der Waals surface area contributed by atoms with Crippen molar-refractivity contribution in [2.45, 2.75) is 6.92 Å². The summed E-state index contributed by atoms with van der Waals surface area (Å²) >= 11 is 6.10. The van der Waals surface area contributed by atoms with Gasteiger partial charge in [-0.1, -0.05) is 29.8 Å². The van der Waals surface area contributed by atoms with Crippen molar-refractivity contribution in [2.75, 3.05) is 12.4 Å². The molecular weight excluding hydrogens is 312 g/mol. The summed E-state index contributed by atoms with van der Waals surface area (Å²) in [6, 6.07) is 13.3. The van der Waals surface area contributed by atoms with Gasteiger partial charge in [0.05, 0.1) is 12.8 Å². The number of methoxy groups -OCH3 is 1. The maximum absolute atomic E-state index is 12.6. The molecule has 1 amide bonds. The zero-order valence-electron chi connectivity index (χ0n) is 13.2. The molecule has 0 spiro atoms. The molecule has 118 valence electrons. The molecule has 0 aliphatic rings. The second-order valence-electron chi connectivity index (χ2n) is 5.40. The number of rotatable bonds is 3. The third-order valence-corrected chi connectivity index (χ3v) is 4.32. The van der Waals surface area contributed by atoms with Crippen LogP contribution in [-0.2, 0) is 7.05 Å². The highest BCUT2D eigenvalue weighted by molar-refractivity contribution is 6.31. The lowest BCUT2D eigenvalue weighted by Crippen LogP contribution is -2.16. The average molecular weight is 329 g/mol. The Morgan fingerprint density at radius 2 is 1.96 bits per heavy atom. The number of aryl methyl sites for hydroxylation is 2. The summed E-state index contributed by atoms with van der Waals surface area (Å²) in [5.41, 5.74) is 3.07.